The van der Waals surface area contributed by atoms with Gasteiger partial charge in [-0.05, 0) is 20.9 Å². The molecule has 0 aromatic carbocycles. The molecule has 0 saturated carbocycles. The standard InChI is InChI=1S/C5H13NO.C4H9N.C2H6/c1-5(2)7-4-3-6;1-3-4-5-2;1-2/h5H,3-4,6H2,1-2H3;3,5H,1,4H2,2H3;1-2H3. The largest absolute Gasteiger partial charge is 0.377 e. The molecule has 0 spiro atoms. The summed E-state index contributed by atoms with van der Waals surface area (Å²) in [5, 5.41) is 2.90. The van der Waals surface area contributed by atoms with Crippen LogP contribution in [0, 0.1) is 0 Å². The van der Waals surface area contributed by atoms with Gasteiger partial charge in [-0.1, -0.05) is 19.9 Å². The van der Waals surface area contributed by atoms with Crippen LogP contribution in [0.15, 0.2) is 12.7 Å². The molecule has 0 bridgehead atoms. The fourth-order valence-electron chi connectivity index (χ4n) is 0.448. The maximum Gasteiger partial charge on any atom is 0.0592 e. The summed E-state index contributed by atoms with van der Waals surface area (Å²) in [6, 6.07) is 0. The molecule has 0 rings (SSSR count). The molecule has 0 heterocycles. The molecule has 0 aliphatic carbocycles. The molecule has 0 unspecified atom stereocenters. The van der Waals surface area contributed by atoms with Gasteiger partial charge >= 0.3 is 0 Å². The molecular formula is C11H28N2O. The van der Waals surface area contributed by atoms with Crippen LogP contribution in [0.5, 0.6) is 0 Å². The molecule has 0 radical (unpaired) electrons. The maximum atomic E-state index is 5.15. The highest BCUT2D eigenvalue weighted by atomic mass is 16.5. The lowest BCUT2D eigenvalue weighted by Gasteiger charge is -2.03. The molecule has 3 nitrogen and oxygen atoms in total. The third-order valence-electron chi connectivity index (χ3n) is 0.917. The van der Waals surface area contributed by atoms with Crippen LogP contribution in [0.1, 0.15) is 27.7 Å². The molecule has 0 aliphatic heterocycles. The van der Waals surface area contributed by atoms with Crippen LogP contribution in [0.3, 0.4) is 0 Å². The van der Waals surface area contributed by atoms with E-state index < -0.39 is 0 Å². The van der Waals surface area contributed by atoms with Crippen molar-refractivity contribution in [1.82, 2.24) is 5.32 Å². The Balaban J connectivity index is -0.000000152. The van der Waals surface area contributed by atoms with Crippen LogP contribution in [0.25, 0.3) is 0 Å². The Bertz CT molecular complexity index is 85.4. The van der Waals surface area contributed by atoms with Gasteiger partial charge in [-0.25, -0.2) is 0 Å². The molecule has 3 heteroatoms. The van der Waals surface area contributed by atoms with Crippen molar-refractivity contribution in [2.75, 3.05) is 26.7 Å². The number of nitrogens with one attached hydrogen (secondary N) is 1. The Kier molecular flexibility index (Phi) is 31.5. The van der Waals surface area contributed by atoms with Crippen molar-refractivity contribution in [3.8, 4) is 0 Å². The van der Waals surface area contributed by atoms with Crippen LogP contribution in [0.2, 0.25) is 0 Å². The van der Waals surface area contributed by atoms with Gasteiger partial charge in [0.1, 0.15) is 0 Å². The Hall–Kier alpha value is -0.380. The lowest BCUT2D eigenvalue weighted by Crippen LogP contribution is -2.12. The van der Waals surface area contributed by atoms with Crippen molar-refractivity contribution in [1.29, 1.82) is 0 Å². The van der Waals surface area contributed by atoms with Gasteiger partial charge in [0.15, 0.2) is 0 Å². The smallest absolute Gasteiger partial charge is 0.0592 e. The van der Waals surface area contributed by atoms with Crippen molar-refractivity contribution in [2.45, 2.75) is 33.8 Å². The highest BCUT2D eigenvalue weighted by Crippen LogP contribution is 1.83. The molecule has 0 atom stereocenters. The van der Waals surface area contributed by atoms with Gasteiger partial charge < -0.3 is 15.8 Å². The highest BCUT2D eigenvalue weighted by molar-refractivity contribution is 4.66. The van der Waals surface area contributed by atoms with E-state index in [1.54, 1.807) is 0 Å². The monoisotopic (exact) mass is 204 g/mol. The summed E-state index contributed by atoms with van der Waals surface area (Å²) in [5.74, 6) is 0. The topological polar surface area (TPSA) is 47.3 Å². The van der Waals surface area contributed by atoms with Gasteiger partial charge in [-0.15, -0.1) is 6.58 Å². The molecule has 0 aromatic heterocycles. The minimum Gasteiger partial charge on any atom is -0.377 e. The van der Waals surface area contributed by atoms with E-state index in [1.807, 2.05) is 40.8 Å². The predicted molar refractivity (Wildman–Crippen MR) is 65.6 cm³/mol. The first-order valence-corrected chi connectivity index (χ1v) is 5.26. The van der Waals surface area contributed by atoms with Crippen molar-refractivity contribution in [3.05, 3.63) is 12.7 Å². The Morgan fingerprint density at radius 2 is 1.93 bits per heavy atom. The molecular weight excluding hydrogens is 176 g/mol. The fraction of sp³-hybridized carbons (Fsp3) is 0.818. The number of ether oxygens (including phenoxy) is 1. The van der Waals surface area contributed by atoms with E-state index in [2.05, 4.69) is 11.9 Å². The zero-order valence-electron chi connectivity index (χ0n) is 10.5. The molecule has 0 amide bonds. The Labute approximate surface area is 89.7 Å². The van der Waals surface area contributed by atoms with E-state index in [4.69, 9.17) is 10.5 Å². The lowest BCUT2D eigenvalue weighted by molar-refractivity contribution is 0.0851. The zero-order valence-corrected chi connectivity index (χ0v) is 10.5. The predicted octanol–water partition coefficient (Wildman–Crippen LogP) is 1.79. The summed E-state index contributed by atoms with van der Waals surface area (Å²) in [6.07, 6.45) is 2.14. The minimum absolute atomic E-state index is 0.323. The zero-order chi connectivity index (χ0) is 11.8. The molecule has 3 N–H and O–H groups in total. The van der Waals surface area contributed by atoms with E-state index in [1.165, 1.54) is 0 Å². The third-order valence-corrected chi connectivity index (χ3v) is 0.917. The number of likely N-dealkylation sites (N-methyl/N-ethyl adjacent to an activating group) is 1. The first-order chi connectivity index (χ1) is 6.68. The van der Waals surface area contributed by atoms with E-state index in [9.17, 15) is 0 Å². The minimum atomic E-state index is 0.323. The van der Waals surface area contributed by atoms with Gasteiger partial charge in [0.2, 0.25) is 0 Å². The van der Waals surface area contributed by atoms with Crippen molar-refractivity contribution in [3.63, 3.8) is 0 Å². The van der Waals surface area contributed by atoms with Crippen molar-refractivity contribution in [2.24, 2.45) is 5.73 Å². The fourth-order valence-corrected chi connectivity index (χ4v) is 0.448. The second kappa shape index (κ2) is 22.9. The average Bonchev–Trinajstić information content (AvgIpc) is 2.20. The van der Waals surface area contributed by atoms with Gasteiger partial charge in [-0.3, -0.25) is 0 Å². The lowest BCUT2D eigenvalue weighted by atomic mass is 10.5. The maximum absolute atomic E-state index is 5.15. The third kappa shape index (κ3) is 41.5. The molecule has 0 fully saturated rings. The number of hydrogen-bond acceptors (Lipinski definition) is 3. The second-order valence-corrected chi connectivity index (χ2v) is 2.55. The van der Waals surface area contributed by atoms with Crippen LogP contribution in [-0.2, 0) is 4.74 Å². The summed E-state index contributed by atoms with van der Waals surface area (Å²) >= 11 is 0. The molecule has 0 saturated heterocycles. The van der Waals surface area contributed by atoms with E-state index >= 15 is 0 Å². The number of nitrogens with two attached hydrogens (primary N) is 1. The van der Waals surface area contributed by atoms with E-state index in [0.717, 1.165) is 6.54 Å². The van der Waals surface area contributed by atoms with Crippen LogP contribution < -0.4 is 11.1 Å². The summed E-state index contributed by atoms with van der Waals surface area (Å²) < 4.78 is 5.07. The Morgan fingerprint density at radius 1 is 1.43 bits per heavy atom. The quantitative estimate of drug-likeness (QED) is 0.671. The summed E-state index contributed by atoms with van der Waals surface area (Å²) in [4.78, 5) is 0. The van der Waals surface area contributed by atoms with Crippen LogP contribution in [-0.4, -0.2) is 32.8 Å². The van der Waals surface area contributed by atoms with Crippen molar-refractivity contribution >= 4 is 0 Å². The Morgan fingerprint density at radius 3 is 2.00 bits per heavy atom. The average molecular weight is 204 g/mol. The molecule has 0 aromatic rings. The summed E-state index contributed by atoms with van der Waals surface area (Å²) in [6.45, 7) is 13.7. The van der Waals surface area contributed by atoms with Gasteiger partial charge in [0.05, 0.1) is 12.7 Å². The number of hydrogen-bond donors (Lipinski definition) is 2. The van der Waals surface area contributed by atoms with Crippen LogP contribution in [0.4, 0.5) is 0 Å². The first kappa shape index (κ1) is 19.2. The molecule has 88 valence electrons. The summed E-state index contributed by atoms with van der Waals surface area (Å²) in [7, 11) is 1.89. The normalized spacial score (nSPS) is 8.21. The van der Waals surface area contributed by atoms with Gasteiger partial charge in [-0.2, -0.15) is 0 Å². The molecule has 14 heavy (non-hydrogen) atoms. The van der Waals surface area contributed by atoms with Gasteiger partial charge in [0.25, 0.3) is 0 Å². The van der Waals surface area contributed by atoms with Crippen LogP contribution >= 0.6 is 0 Å². The number of rotatable bonds is 5. The van der Waals surface area contributed by atoms with E-state index in [0.29, 0.717) is 19.3 Å². The second-order valence-electron chi connectivity index (χ2n) is 2.55. The highest BCUT2D eigenvalue weighted by Gasteiger charge is 1.87. The van der Waals surface area contributed by atoms with E-state index in [-0.39, 0.29) is 0 Å². The van der Waals surface area contributed by atoms with Gasteiger partial charge in [0, 0.05) is 13.1 Å². The SMILES string of the molecule is C=CCNC.CC.CC(C)OCCN. The van der Waals surface area contributed by atoms with Crippen molar-refractivity contribution < 1.29 is 4.74 Å². The first-order valence-electron chi connectivity index (χ1n) is 5.26. The summed E-state index contributed by atoms with van der Waals surface area (Å²) in [5.41, 5.74) is 5.15. The molecule has 0 aliphatic rings.